The van der Waals surface area contributed by atoms with Gasteiger partial charge < -0.3 is 15.0 Å². The average Bonchev–Trinajstić information content (AvgIpc) is 2.61. The molecule has 0 bridgehead atoms. The summed E-state index contributed by atoms with van der Waals surface area (Å²) in [5.41, 5.74) is 2.57. The fraction of sp³-hybridized carbons (Fsp3) is 0.222. The second kappa shape index (κ2) is 7.40. The largest absolute Gasteiger partial charge is 0.497 e. The van der Waals surface area contributed by atoms with Crippen molar-refractivity contribution in [3.05, 3.63) is 54.1 Å². The van der Waals surface area contributed by atoms with Gasteiger partial charge in [-0.05, 0) is 29.8 Å². The zero-order valence-corrected chi connectivity index (χ0v) is 14.1. The van der Waals surface area contributed by atoms with Crippen LogP contribution in [0.4, 0.5) is 11.4 Å². The maximum absolute atomic E-state index is 12.5. The fourth-order valence-electron chi connectivity index (χ4n) is 2.51. The topological polar surface area (TPSA) is 58.6 Å². The molecule has 0 radical (unpaired) electrons. The molecule has 0 spiro atoms. The lowest BCUT2D eigenvalue weighted by molar-refractivity contribution is -0.120. The summed E-state index contributed by atoms with van der Waals surface area (Å²) < 4.78 is 5.13. The number of carbonyl (C=O) groups excluding carboxylic acids is 2. The van der Waals surface area contributed by atoms with Gasteiger partial charge in [-0.15, -0.1) is 11.8 Å². The highest BCUT2D eigenvalue weighted by Crippen LogP contribution is 2.29. The zero-order valence-electron chi connectivity index (χ0n) is 13.3. The van der Waals surface area contributed by atoms with Crippen molar-refractivity contribution in [2.75, 3.05) is 29.6 Å². The van der Waals surface area contributed by atoms with E-state index in [2.05, 4.69) is 5.32 Å². The Morgan fingerprint density at radius 1 is 1.21 bits per heavy atom. The molecule has 0 saturated carbocycles. The summed E-state index contributed by atoms with van der Waals surface area (Å²) in [6.07, 6.45) is 0. The lowest BCUT2D eigenvalue weighted by Gasteiger charge is -2.29. The molecule has 0 unspecified atom stereocenters. The van der Waals surface area contributed by atoms with Crippen LogP contribution in [0.15, 0.2) is 48.5 Å². The van der Waals surface area contributed by atoms with Gasteiger partial charge in [0.05, 0.1) is 24.2 Å². The minimum atomic E-state index is -0.165. The Labute approximate surface area is 145 Å². The van der Waals surface area contributed by atoms with Crippen LogP contribution in [-0.2, 0) is 15.3 Å². The Balaban J connectivity index is 1.60. The predicted molar refractivity (Wildman–Crippen MR) is 96.6 cm³/mol. The molecule has 2 aromatic carbocycles. The van der Waals surface area contributed by atoms with E-state index in [1.807, 2.05) is 42.5 Å². The maximum atomic E-state index is 12.5. The molecular weight excluding hydrogens is 324 g/mol. The number of para-hydroxylation sites is 2. The summed E-state index contributed by atoms with van der Waals surface area (Å²) in [6, 6.07) is 15.1. The van der Waals surface area contributed by atoms with Gasteiger partial charge in [0.1, 0.15) is 12.3 Å². The second-order valence-corrected chi connectivity index (χ2v) is 6.37. The molecule has 124 valence electrons. The minimum Gasteiger partial charge on any atom is -0.497 e. The first kappa shape index (κ1) is 16.4. The third-order valence-electron chi connectivity index (χ3n) is 3.73. The molecule has 5 nitrogen and oxygen atoms in total. The lowest BCUT2D eigenvalue weighted by atomic mass is 10.2. The van der Waals surface area contributed by atoms with Gasteiger partial charge >= 0.3 is 0 Å². The molecule has 1 aliphatic heterocycles. The van der Waals surface area contributed by atoms with Crippen molar-refractivity contribution in [2.24, 2.45) is 0 Å². The van der Waals surface area contributed by atoms with Gasteiger partial charge in [0.15, 0.2) is 0 Å². The second-order valence-electron chi connectivity index (χ2n) is 5.39. The first-order valence-corrected chi connectivity index (χ1v) is 8.73. The number of carbonyl (C=O) groups is 2. The van der Waals surface area contributed by atoms with E-state index in [1.165, 1.54) is 11.8 Å². The summed E-state index contributed by atoms with van der Waals surface area (Å²) >= 11 is 1.53. The number of thioether (sulfide) groups is 1. The van der Waals surface area contributed by atoms with Crippen LogP contribution in [0, 0.1) is 0 Å². The highest BCUT2D eigenvalue weighted by Gasteiger charge is 2.26. The molecule has 0 fully saturated rings. The van der Waals surface area contributed by atoms with Crippen molar-refractivity contribution in [3.8, 4) is 5.75 Å². The summed E-state index contributed by atoms with van der Waals surface area (Å²) in [7, 11) is 1.63. The van der Waals surface area contributed by atoms with Crippen LogP contribution in [0.1, 0.15) is 5.56 Å². The molecule has 0 aromatic heterocycles. The molecule has 2 amide bonds. The van der Waals surface area contributed by atoms with Crippen molar-refractivity contribution in [2.45, 2.75) is 5.75 Å². The SMILES string of the molecule is COc1ccc(CSCC(=O)N2CC(=O)Nc3ccccc32)cc1. The number of benzene rings is 2. The molecule has 1 aliphatic rings. The molecular formula is C18H18N2O3S. The molecule has 1 heterocycles. The number of anilines is 2. The van der Waals surface area contributed by atoms with Crippen molar-refractivity contribution in [1.82, 2.24) is 0 Å². The number of fused-ring (bicyclic) bond motifs is 1. The number of rotatable bonds is 5. The predicted octanol–water partition coefficient (Wildman–Crippen LogP) is 2.91. The maximum Gasteiger partial charge on any atom is 0.244 e. The molecule has 6 heteroatoms. The highest BCUT2D eigenvalue weighted by molar-refractivity contribution is 7.99. The quantitative estimate of drug-likeness (QED) is 0.908. The standard InChI is InChI=1S/C18H18N2O3S/c1-23-14-8-6-13(7-9-14)11-24-12-18(22)20-10-17(21)19-15-4-2-3-5-16(15)20/h2-9H,10-12H2,1H3,(H,19,21). The third-order valence-corrected chi connectivity index (χ3v) is 4.71. The Hall–Kier alpha value is -2.47. The Morgan fingerprint density at radius 2 is 1.96 bits per heavy atom. The van der Waals surface area contributed by atoms with Crippen LogP contribution in [0.5, 0.6) is 5.75 Å². The van der Waals surface area contributed by atoms with Gasteiger partial charge in [-0.1, -0.05) is 24.3 Å². The number of hydrogen-bond donors (Lipinski definition) is 1. The molecule has 0 aliphatic carbocycles. The Kier molecular flexibility index (Phi) is 5.05. The normalized spacial score (nSPS) is 13.2. The molecule has 0 atom stereocenters. The Bertz CT molecular complexity index is 746. The van der Waals surface area contributed by atoms with Crippen LogP contribution < -0.4 is 15.0 Å². The Morgan fingerprint density at radius 3 is 2.71 bits per heavy atom. The van der Waals surface area contributed by atoms with Crippen molar-refractivity contribution in [1.29, 1.82) is 0 Å². The number of amides is 2. The van der Waals surface area contributed by atoms with Crippen LogP contribution in [-0.4, -0.2) is 31.2 Å². The van der Waals surface area contributed by atoms with Gasteiger partial charge in [0.2, 0.25) is 11.8 Å². The number of nitrogens with one attached hydrogen (secondary N) is 1. The number of ether oxygens (including phenoxy) is 1. The lowest BCUT2D eigenvalue weighted by Crippen LogP contribution is -2.43. The minimum absolute atomic E-state index is 0.0594. The number of nitrogens with zero attached hydrogens (tertiary/aromatic N) is 1. The van der Waals surface area contributed by atoms with E-state index < -0.39 is 0 Å². The van der Waals surface area contributed by atoms with E-state index in [9.17, 15) is 9.59 Å². The molecule has 0 saturated heterocycles. The zero-order chi connectivity index (χ0) is 16.9. The smallest absolute Gasteiger partial charge is 0.244 e. The summed E-state index contributed by atoms with van der Waals surface area (Å²) in [5, 5.41) is 2.79. The highest BCUT2D eigenvalue weighted by atomic mass is 32.2. The van der Waals surface area contributed by atoms with E-state index >= 15 is 0 Å². The first-order chi connectivity index (χ1) is 11.7. The van der Waals surface area contributed by atoms with Crippen LogP contribution in [0.3, 0.4) is 0 Å². The molecule has 2 aromatic rings. The third kappa shape index (κ3) is 3.71. The molecule has 24 heavy (non-hydrogen) atoms. The van der Waals surface area contributed by atoms with Gasteiger partial charge in [0, 0.05) is 5.75 Å². The molecule has 3 rings (SSSR count). The van der Waals surface area contributed by atoms with Crippen LogP contribution >= 0.6 is 11.8 Å². The molecule has 1 N–H and O–H groups in total. The number of methoxy groups -OCH3 is 1. The van der Waals surface area contributed by atoms with Crippen LogP contribution in [0.25, 0.3) is 0 Å². The fourth-order valence-corrected chi connectivity index (χ4v) is 3.37. The average molecular weight is 342 g/mol. The first-order valence-electron chi connectivity index (χ1n) is 7.57. The summed E-state index contributed by atoms with van der Waals surface area (Å²) in [6.45, 7) is 0.0684. The van der Waals surface area contributed by atoms with E-state index in [-0.39, 0.29) is 18.4 Å². The summed E-state index contributed by atoms with van der Waals surface area (Å²) in [4.78, 5) is 25.8. The monoisotopic (exact) mass is 342 g/mol. The van der Waals surface area contributed by atoms with Gasteiger partial charge in [0.25, 0.3) is 0 Å². The van der Waals surface area contributed by atoms with Crippen molar-refractivity contribution >= 4 is 35.0 Å². The van der Waals surface area contributed by atoms with E-state index in [4.69, 9.17) is 4.74 Å². The van der Waals surface area contributed by atoms with E-state index in [1.54, 1.807) is 18.1 Å². The summed E-state index contributed by atoms with van der Waals surface area (Å²) in [5.74, 6) is 1.65. The van der Waals surface area contributed by atoms with Crippen LogP contribution in [0.2, 0.25) is 0 Å². The van der Waals surface area contributed by atoms with Gasteiger partial charge in [-0.3, -0.25) is 9.59 Å². The van der Waals surface area contributed by atoms with Crippen molar-refractivity contribution < 1.29 is 14.3 Å². The van der Waals surface area contributed by atoms with Gasteiger partial charge in [-0.25, -0.2) is 0 Å². The van der Waals surface area contributed by atoms with E-state index in [0.717, 1.165) is 22.8 Å². The van der Waals surface area contributed by atoms with E-state index in [0.29, 0.717) is 11.4 Å². The van der Waals surface area contributed by atoms with Crippen molar-refractivity contribution in [3.63, 3.8) is 0 Å². The number of hydrogen-bond acceptors (Lipinski definition) is 4. The van der Waals surface area contributed by atoms with Gasteiger partial charge in [-0.2, -0.15) is 0 Å².